The first-order valence-electron chi connectivity index (χ1n) is 9.07. The van der Waals surface area contributed by atoms with Crippen molar-refractivity contribution in [1.82, 2.24) is 4.98 Å². The van der Waals surface area contributed by atoms with Crippen LogP contribution in [0, 0.1) is 11.9 Å². The Morgan fingerprint density at radius 3 is 2.88 bits per heavy atom. The highest BCUT2D eigenvalue weighted by Crippen LogP contribution is 2.52. The molecule has 0 amide bonds. The van der Waals surface area contributed by atoms with E-state index < -0.39 is 11.5 Å². The van der Waals surface area contributed by atoms with Crippen molar-refractivity contribution < 1.29 is 13.9 Å². The van der Waals surface area contributed by atoms with Crippen molar-refractivity contribution in [2.45, 2.75) is 37.3 Å². The van der Waals surface area contributed by atoms with Crippen molar-refractivity contribution in [2.24, 2.45) is 16.6 Å². The molecule has 2 unspecified atom stereocenters. The molecule has 2 aliphatic heterocycles. The number of ether oxygens (including phenoxy) is 2. The van der Waals surface area contributed by atoms with Gasteiger partial charge in [0.1, 0.15) is 24.0 Å². The van der Waals surface area contributed by atoms with E-state index in [2.05, 4.69) is 4.98 Å². The number of halogens is 1. The molecular formula is C20H20FN3O2. The van der Waals surface area contributed by atoms with Gasteiger partial charge in [0.05, 0.1) is 0 Å². The van der Waals surface area contributed by atoms with E-state index in [4.69, 9.17) is 20.2 Å². The van der Waals surface area contributed by atoms with Crippen LogP contribution >= 0.6 is 0 Å². The standard InChI is InChI=1S/C20H20FN3O2/c21-18-13(4-3-9-23-18)12-7-8-17-15(10-12)20(11-25-19(22)24-20)14-5-1-2-6-16(14)26-17/h3-4,7-10,14,16H,1-2,5-6,11H2,(H2,22,24)/t14?,16-,20?/m1/s1. The number of fused-ring (bicyclic) bond motifs is 4. The van der Waals surface area contributed by atoms with Crippen molar-refractivity contribution in [3.8, 4) is 16.9 Å². The van der Waals surface area contributed by atoms with Crippen LogP contribution < -0.4 is 10.5 Å². The summed E-state index contributed by atoms with van der Waals surface area (Å²) in [7, 11) is 0. The summed E-state index contributed by atoms with van der Waals surface area (Å²) in [6.45, 7) is 0.412. The summed E-state index contributed by atoms with van der Waals surface area (Å²) in [6, 6.07) is 9.43. The number of aliphatic imine (C=N–C) groups is 1. The maximum Gasteiger partial charge on any atom is 0.283 e. The maximum atomic E-state index is 14.2. The highest BCUT2D eigenvalue weighted by atomic mass is 19.1. The lowest BCUT2D eigenvalue weighted by Crippen LogP contribution is -2.49. The number of hydrogen-bond donors (Lipinski definition) is 1. The third-order valence-corrected chi connectivity index (χ3v) is 5.86. The summed E-state index contributed by atoms with van der Waals surface area (Å²) in [4.78, 5) is 8.51. The number of rotatable bonds is 1. The molecule has 5 rings (SSSR count). The lowest BCUT2D eigenvalue weighted by atomic mass is 9.68. The lowest BCUT2D eigenvalue weighted by Gasteiger charge is -2.46. The summed E-state index contributed by atoms with van der Waals surface area (Å²) in [6.07, 6.45) is 5.91. The summed E-state index contributed by atoms with van der Waals surface area (Å²) in [5, 5.41) is 0. The first kappa shape index (κ1) is 15.6. The molecule has 0 saturated heterocycles. The zero-order valence-electron chi connectivity index (χ0n) is 14.3. The van der Waals surface area contributed by atoms with Gasteiger partial charge in [0, 0.05) is 23.2 Å². The Hall–Kier alpha value is -2.63. The molecule has 6 heteroatoms. The SMILES string of the molecule is NC1=NC2(CO1)c1cc(-c3cccnc3F)ccc1O[C@@H]1CCCCC12. The molecule has 5 nitrogen and oxygen atoms in total. The average molecular weight is 353 g/mol. The molecule has 3 aliphatic rings. The minimum absolute atomic E-state index is 0.121. The zero-order valence-corrected chi connectivity index (χ0v) is 14.3. The van der Waals surface area contributed by atoms with E-state index in [-0.39, 0.29) is 18.0 Å². The van der Waals surface area contributed by atoms with Gasteiger partial charge in [0.2, 0.25) is 5.95 Å². The van der Waals surface area contributed by atoms with E-state index in [1.54, 1.807) is 12.1 Å². The minimum atomic E-state index is -0.544. The molecule has 1 spiro atoms. The maximum absolute atomic E-state index is 14.2. The first-order valence-corrected chi connectivity index (χ1v) is 9.07. The Bertz CT molecular complexity index is 900. The van der Waals surface area contributed by atoms with E-state index in [1.165, 1.54) is 6.20 Å². The van der Waals surface area contributed by atoms with Gasteiger partial charge in [0.15, 0.2) is 0 Å². The Morgan fingerprint density at radius 1 is 1.19 bits per heavy atom. The van der Waals surface area contributed by atoms with Gasteiger partial charge in [-0.05, 0) is 49.1 Å². The van der Waals surface area contributed by atoms with Gasteiger partial charge >= 0.3 is 0 Å². The van der Waals surface area contributed by atoms with Gasteiger partial charge < -0.3 is 15.2 Å². The van der Waals surface area contributed by atoms with Crippen LogP contribution in [0.15, 0.2) is 41.5 Å². The normalized spacial score (nSPS) is 29.3. The van der Waals surface area contributed by atoms with Gasteiger partial charge in [-0.25, -0.2) is 9.98 Å². The largest absolute Gasteiger partial charge is 0.490 e. The van der Waals surface area contributed by atoms with E-state index in [9.17, 15) is 4.39 Å². The van der Waals surface area contributed by atoms with Gasteiger partial charge in [-0.3, -0.25) is 0 Å². The van der Waals surface area contributed by atoms with Crippen LogP contribution in [0.5, 0.6) is 5.75 Å². The van der Waals surface area contributed by atoms with Crippen molar-refractivity contribution >= 4 is 6.02 Å². The summed E-state index contributed by atoms with van der Waals surface area (Å²) >= 11 is 0. The lowest BCUT2D eigenvalue weighted by molar-refractivity contribution is 0.00745. The predicted molar refractivity (Wildman–Crippen MR) is 95.3 cm³/mol. The molecule has 1 aromatic heterocycles. The Labute approximate surface area is 151 Å². The van der Waals surface area contributed by atoms with Crippen LogP contribution in [0.3, 0.4) is 0 Å². The molecular weight excluding hydrogens is 333 g/mol. The van der Waals surface area contributed by atoms with Crippen LogP contribution in [-0.2, 0) is 10.3 Å². The molecule has 3 heterocycles. The van der Waals surface area contributed by atoms with Crippen LogP contribution in [-0.4, -0.2) is 23.7 Å². The molecule has 26 heavy (non-hydrogen) atoms. The number of hydrogen-bond acceptors (Lipinski definition) is 5. The zero-order chi connectivity index (χ0) is 17.7. The van der Waals surface area contributed by atoms with E-state index >= 15 is 0 Å². The fourth-order valence-electron chi connectivity index (χ4n) is 4.66. The smallest absolute Gasteiger partial charge is 0.283 e. The van der Waals surface area contributed by atoms with E-state index in [0.717, 1.165) is 42.6 Å². The molecule has 1 fully saturated rings. The minimum Gasteiger partial charge on any atom is -0.490 e. The van der Waals surface area contributed by atoms with Gasteiger partial charge in [0.25, 0.3) is 6.02 Å². The van der Waals surface area contributed by atoms with Crippen molar-refractivity contribution in [3.05, 3.63) is 48.0 Å². The fourth-order valence-corrected chi connectivity index (χ4v) is 4.66. The molecule has 134 valence electrons. The van der Waals surface area contributed by atoms with E-state index in [1.807, 2.05) is 18.2 Å². The molecule has 2 aromatic rings. The van der Waals surface area contributed by atoms with Crippen LogP contribution in [0.4, 0.5) is 4.39 Å². The Kier molecular flexibility index (Phi) is 3.42. The van der Waals surface area contributed by atoms with Gasteiger partial charge in [-0.1, -0.05) is 12.5 Å². The highest BCUT2D eigenvalue weighted by Gasteiger charge is 2.54. The number of benzene rings is 1. The average Bonchev–Trinajstić information content (AvgIpc) is 3.05. The molecule has 1 aromatic carbocycles. The molecule has 1 aliphatic carbocycles. The number of pyridine rings is 1. The third kappa shape index (κ3) is 2.21. The number of nitrogens with two attached hydrogens (primary N) is 1. The molecule has 0 radical (unpaired) electrons. The van der Waals surface area contributed by atoms with Crippen LogP contribution in [0.2, 0.25) is 0 Å². The van der Waals surface area contributed by atoms with Gasteiger partial charge in [-0.2, -0.15) is 4.39 Å². The summed E-state index contributed by atoms with van der Waals surface area (Å²) < 4.78 is 26.1. The second-order valence-electron chi connectivity index (χ2n) is 7.26. The van der Waals surface area contributed by atoms with Crippen LogP contribution in [0.1, 0.15) is 31.2 Å². The first-order chi connectivity index (χ1) is 12.7. The second kappa shape index (κ2) is 5.69. The van der Waals surface area contributed by atoms with Crippen molar-refractivity contribution in [1.29, 1.82) is 0 Å². The summed E-state index contributed by atoms with van der Waals surface area (Å²) in [5.41, 5.74) is 7.52. The fraction of sp³-hybridized carbons (Fsp3) is 0.400. The quantitative estimate of drug-likeness (QED) is 0.798. The molecule has 2 N–H and O–H groups in total. The number of nitrogens with zero attached hydrogens (tertiary/aromatic N) is 2. The Morgan fingerprint density at radius 2 is 2.08 bits per heavy atom. The number of aromatic nitrogens is 1. The molecule has 0 bridgehead atoms. The van der Waals surface area contributed by atoms with Gasteiger partial charge in [-0.15, -0.1) is 0 Å². The van der Waals surface area contributed by atoms with Crippen molar-refractivity contribution in [2.75, 3.05) is 6.61 Å². The van der Waals surface area contributed by atoms with Crippen molar-refractivity contribution in [3.63, 3.8) is 0 Å². The molecule has 1 saturated carbocycles. The second-order valence-corrected chi connectivity index (χ2v) is 7.26. The topological polar surface area (TPSA) is 69.7 Å². The Balaban J connectivity index is 1.69. The van der Waals surface area contributed by atoms with Crippen LogP contribution in [0.25, 0.3) is 11.1 Å². The predicted octanol–water partition coefficient (Wildman–Crippen LogP) is 3.38. The monoisotopic (exact) mass is 353 g/mol. The number of amidine groups is 1. The third-order valence-electron chi connectivity index (χ3n) is 5.86. The molecule has 3 atom stereocenters. The highest BCUT2D eigenvalue weighted by molar-refractivity contribution is 5.75. The van der Waals surface area contributed by atoms with E-state index in [0.29, 0.717) is 12.2 Å². The summed E-state index contributed by atoms with van der Waals surface area (Å²) in [5.74, 6) is 0.529.